The second kappa shape index (κ2) is 14.5. The first-order chi connectivity index (χ1) is 21.5. The van der Waals surface area contributed by atoms with Crippen molar-refractivity contribution in [2.24, 2.45) is 5.16 Å². The van der Waals surface area contributed by atoms with Crippen molar-refractivity contribution in [3.8, 4) is 0 Å². The van der Waals surface area contributed by atoms with E-state index >= 15 is 0 Å². The smallest absolute Gasteiger partial charge is 0.365 e. The summed E-state index contributed by atoms with van der Waals surface area (Å²) in [5, 5.41) is 3.96. The van der Waals surface area contributed by atoms with Crippen LogP contribution in [0.2, 0.25) is 0 Å². The number of ether oxygens (including phenoxy) is 4. The van der Waals surface area contributed by atoms with Gasteiger partial charge in [0.25, 0.3) is 0 Å². The quantitative estimate of drug-likeness (QED) is 0.115. The number of hydrogen-bond acceptors (Lipinski definition) is 10. The summed E-state index contributed by atoms with van der Waals surface area (Å²) in [6.07, 6.45) is -3.79. The summed E-state index contributed by atoms with van der Waals surface area (Å²) >= 11 is 0. The van der Waals surface area contributed by atoms with Crippen LogP contribution in [0.15, 0.2) is 126 Å². The summed E-state index contributed by atoms with van der Waals surface area (Å²) in [5.74, 6) is -2.89. The topological polar surface area (TPSA) is 127 Å². The van der Waals surface area contributed by atoms with E-state index in [0.29, 0.717) is 5.56 Å². The molecule has 1 aliphatic rings. The molecule has 0 spiro atoms. The van der Waals surface area contributed by atoms with Gasteiger partial charge in [0.1, 0.15) is 18.4 Å². The van der Waals surface area contributed by atoms with Gasteiger partial charge in [0.2, 0.25) is 0 Å². The van der Waals surface area contributed by atoms with E-state index in [0.717, 1.165) is 0 Å². The Morgan fingerprint density at radius 3 is 1.52 bits per heavy atom. The molecule has 0 saturated carbocycles. The van der Waals surface area contributed by atoms with Crippen LogP contribution in [0.25, 0.3) is 0 Å². The van der Waals surface area contributed by atoms with Gasteiger partial charge in [-0.1, -0.05) is 78.0 Å². The van der Waals surface area contributed by atoms with Crippen molar-refractivity contribution >= 4 is 29.6 Å². The molecule has 1 fully saturated rings. The van der Waals surface area contributed by atoms with E-state index in [1.54, 1.807) is 121 Å². The maximum atomic E-state index is 13.2. The van der Waals surface area contributed by atoms with Crippen LogP contribution in [0.3, 0.4) is 0 Å². The first kappa shape index (κ1) is 29.9. The normalized spacial score (nSPS) is 18.5. The average Bonchev–Trinajstić information content (AvgIpc) is 3.09. The Labute approximate surface area is 252 Å². The minimum absolute atomic E-state index is 0.0324. The van der Waals surface area contributed by atoms with Crippen LogP contribution in [-0.4, -0.2) is 61.1 Å². The first-order valence-corrected chi connectivity index (χ1v) is 13.7. The summed E-state index contributed by atoms with van der Waals surface area (Å²) < 4.78 is 23.1. The Morgan fingerprint density at radius 1 is 0.591 bits per heavy atom. The van der Waals surface area contributed by atoms with Gasteiger partial charge in [-0.3, -0.25) is 0 Å². The predicted octanol–water partition coefficient (Wildman–Crippen LogP) is 4.91. The minimum Gasteiger partial charge on any atom is -0.459 e. The second-order valence-corrected chi connectivity index (χ2v) is 9.57. The molecule has 0 amide bonds. The lowest BCUT2D eigenvalue weighted by molar-refractivity contribution is -0.115. The molecule has 10 heteroatoms. The van der Waals surface area contributed by atoms with Crippen LogP contribution >= 0.6 is 0 Å². The number of esters is 3. The van der Waals surface area contributed by atoms with Gasteiger partial charge in [0, 0.05) is 0 Å². The molecule has 10 nitrogen and oxygen atoms in total. The summed E-state index contributed by atoms with van der Waals surface area (Å²) in [5.41, 5.74) is 0.961. The molecule has 0 aliphatic carbocycles. The molecule has 0 aromatic heterocycles. The van der Waals surface area contributed by atoms with Gasteiger partial charge in [-0.25, -0.2) is 19.2 Å². The number of hydrogen-bond donors (Lipinski definition) is 0. The van der Waals surface area contributed by atoms with Crippen LogP contribution in [0.1, 0.15) is 41.4 Å². The van der Waals surface area contributed by atoms with Crippen molar-refractivity contribution in [2.75, 3.05) is 13.2 Å². The van der Waals surface area contributed by atoms with Gasteiger partial charge < -0.3 is 23.8 Å². The highest BCUT2D eigenvalue weighted by Crippen LogP contribution is 2.24. The lowest BCUT2D eigenvalue weighted by Crippen LogP contribution is -2.56. The third-order valence-electron chi connectivity index (χ3n) is 6.58. The molecular weight excluding hydrogens is 566 g/mol. The van der Waals surface area contributed by atoms with E-state index in [1.165, 1.54) is 0 Å². The molecule has 4 aromatic carbocycles. The number of oxime groups is 1. The second-order valence-electron chi connectivity index (χ2n) is 9.57. The minimum atomic E-state index is -1.37. The zero-order valence-electron chi connectivity index (χ0n) is 23.3. The Balaban J connectivity index is 1.45. The molecule has 44 heavy (non-hydrogen) atoms. The van der Waals surface area contributed by atoms with Crippen LogP contribution in [0.4, 0.5) is 0 Å². The third-order valence-corrected chi connectivity index (χ3v) is 6.58. The number of carbonyl (C=O) groups is 4. The number of nitrogens with zero attached hydrogens (tertiary/aromatic N) is 1. The van der Waals surface area contributed by atoms with Gasteiger partial charge in [0.15, 0.2) is 12.2 Å². The summed E-state index contributed by atoms with van der Waals surface area (Å²) in [6, 6.07) is 32.8. The largest absolute Gasteiger partial charge is 0.459 e. The van der Waals surface area contributed by atoms with Gasteiger partial charge in [-0.2, -0.15) is 0 Å². The third kappa shape index (κ3) is 7.61. The number of benzene rings is 4. The average molecular weight is 594 g/mol. The fraction of sp³-hybridized carbons (Fsp3) is 0.147. The Morgan fingerprint density at radius 2 is 1.02 bits per heavy atom. The van der Waals surface area contributed by atoms with Crippen molar-refractivity contribution in [1.82, 2.24) is 0 Å². The highest BCUT2D eigenvalue weighted by Gasteiger charge is 2.45. The lowest BCUT2D eigenvalue weighted by atomic mass is 10.00. The molecule has 222 valence electrons. The van der Waals surface area contributed by atoms with E-state index in [9.17, 15) is 19.2 Å². The van der Waals surface area contributed by atoms with E-state index in [4.69, 9.17) is 23.8 Å². The fourth-order valence-corrected chi connectivity index (χ4v) is 4.31. The number of carbonyl (C=O) groups excluding carboxylic acids is 4. The van der Waals surface area contributed by atoms with Crippen molar-refractivity contribution in [3.63, 3.8) is 0 Å². The Kier molecular flexibility index (Phi) is 9.86. The van der Waals surface area contributed by atoms with Crippen molar-refractivity contribution < 1.29 is 43.0 Å². The van der Waals surface area contributed by atoms with Crippen molar-refractivity contribution in [1.29, 1.82) is 0 Å². The fourth-order valence-electron chi connectivity index (χ4n) is 4.31. The molecule has 1 heterocycles. The predicted molar refractivity (Wildman–Crippen MR) is 157 cm³/mol. The molecule has 3 atom stereocenters. The van der Waals surface area contributed by atoms with Crippen molar-refractivity contribution in [2.45, 2.75) is 18.3 Å². The van der Waals surface area contributed by atoms with Crippen LogP contribution < -0.4 is 0 Å². The van der Waals surface area contributed by atoms with Crippen LogP contribution in [-0.2, 0) is 23.8 Å². The standard InChI is InChI=1S/C34H27NO9/c36-31(23-13-5-1-6-14-23)41-22-28-30(43-33(38)25-17-9-3-10-18-25)29(42-32(37)24-15-7-2-8-16-24)27(21-40-28)35-44-34(39)26-19-11-4-12-20-26/h1-20,28-30H,21-22H2/b35-27+/t28-,29-,30+/m1/s1. The van der Waals surface area contributed by atoms with Crippen LogP contribution in [0.5, 0.6) is 0 Å². The van der Waals surface area contributed by atoms with E-state index < -0.39 is 42.2 Å². The van der Waals surface area contributed by atoms with Gasteiger partial charge in [-0.15, -0.1) is 0 Å². The molecule has 1 saturated heterocycles. The van der Waals surface area contributed by atoms with Gasteiger partial charge in [0.05, 0.1) is 28.9 Å². The molecule has 0 N–H and O–H groups in total. The lowest BCUT2D eigenvalue weighted by Gasteiger charge is -2.36. The molecule has 0 radical (unpaired) electrons. The molecule has 0 bridgehead atoms. The maximum Gasteiger partial charge on any atom is 0.365 e. The zero-order chi connectivity index (χ0) is 30.7. The summed E-state index contributed by atoms with van der Waals surface area (Å²) in [6.45, 7) is -0.640. The van der Waals surface area contributed by atoms with E-state index in [2.05, 4.69) is 5.16 Å². The Hall–Kier alpha value is -5.61. The van der Waals surface area contributed by atoms with Gasteiger partial charge >= 0.3 is 23.9 Å². The molecule has 1 aliphatic heterocycles. The van der Waals surface area contributed by atoms with E-state index in [1.807, 2.05) is 0 Å². The Bertz CT molecular complexity index is 1610. The number of rotatable bonds is 9. The summed E-state index contributed by atoms with van der Waals surface area (Å²) in [4.78, 5) is 57.0. The molecule has 5 rings (SSSR count). The molecule has 0 unspecified atom stereocenters. The van der Waals surface area contributed by atoms with E-state index in [-0.39, 0.29) is 35.6 Å². The molecule has 4 aromatic rings. The summed E-state index contributed by atoms with van der Waals surface area (Å²) in [7, 11) is 0. The highest BCUT2D eigenvalue weighted by atomic mass is 16.7. The zero-order valence-corrected chi connectivity index (χ0v) is 23.3. The maximum absolute atomic E-state index is 13.2. The van der Waals surface area contributed by atoms with Crippen LogP contribution in [0, 0.1) is 0 Å². The van der Waals surface area contributed by atoms with Crippen molar-refractivity contribution in [3.05, 3.63) is 144 Å². The highest BCUT2D eigenvalue weighted by molar-refractivity contribution is 5.97. The monoisotopic (exact) mass is 593 g/mol. The molecular formula is C34H27NO9. The SMILES string of the molecule is O=C(OC[C@H]1OC/C(=N\OC(=O)c2ccccc2)[C@@H](OC(=O)c2ccccc2)[C@H]1OC(=O)c1ccccc1)c1ccccc1. The first-order valence-electron chi connectivity index (χ1n) is 13.7. The van der Waals surface area contributed by atoms with Gasteiger partial charge in [-0.05, 0) is 48.5 Å².